The van der Waals surface area contributed by atoms with Crippen molar-refractivity contribution in [2.45, 2.75) is 38.1 Å². The quantitative estimate of drug-likeness (QED) is 0.850. The zero-order chi connectivity index (χ0) is 17.2. The van der Waals surface area contributed by atoms with E-state index in [1.165, 1.54) is 0 Å². The van der Waals surface area contributed by atoms with Crippen LogP contribution >= 0.6 is 11.3 Å². The molecule has 2 aliphatic heterocycles. The summed E-state index contributed by atoms with van der Waals surface area (Å²) >= 11 is 1.60. The highest BCUT2D eigenvalue weighted by Crippen LogP contribution is 2.33. The Morgan fingerprint density at radius 2 is 2.12 bits per heavy atom. The van der Waals surface area contributed by atoms with E-state index in [2.05, 4.69) is 4.98 Å². The number of aromatic nitrogens is 1. The van der Waals surface area contributed by atoms with Gasteiger partial charge in [-0.15, -0.1) is 11.3 Å². The van der Waals surface area contributed by atoms with Crippen LogP contribution in [0, 0.1) is 0 Å². The summed E-state index contributed by atoms with van der Waals surface area (Å²) in [5.74, 6) is 0.0554. The summed E-state index contributed by atoms with van der Waals surface area (Å²) in [5.41, 5.74) is 2.03. The fraction of sp³-hybridized carbons (Fsp3) is 0.421. The van der Waals surface area contributed by atoms with Gasteiger partial charge in [0.05, 0.1) is 6.04 Å². The number of aryl methyl sites for hydroxylation is 1. The molecule has 0 bridgehead atoms. The first kappa shape index (κ1) is 16.3. The maximum atomic E-state index is 13.0. The van der Waals surface area contributed by atoms with Gasteiger partial charge in [0.15, 0.2) is 0 Å². The molecule has 1 aromatic heterocycles. The first-order valence-corrected chi connectivity index (χ1v) is 9.69. The molecule has 5 nitrogen and oxygen atoms in total. The number of anilines is 1. The monoisotopic (exact) mass is 355 g/mol. The molecule has 0 aliphatic carbocycles. The molecule has 130 valence electrons. The summed E-state index contributed by atoms with van der Waals surface area (Å²) in [6.07, 6.45) is 6.09. The van der Waals surface area contributed by atoms with Crippen molar-refractivity contribution in [3.8, 4) is 0 Å². The Labute approximate surface area is 151 Å². The molecule has 1 atom stereocenters. The summed E-state index contributed by atoms with van der Waals surface area (Å²) in [6, 6.07) is 7.94. The van der Waals surface area contributed by atoms with Crippen molar-refractivity contribution in [2.24, 2.45) is 0 Å². The summed E-state index contributed by atoms with van der Waals surface area (Å²) in [6.45, 7) is 0.866. The van der Waals surface area contributed by atoms with Crippen LogP contribution in [-0.4, -0.2) is 34.8 Å². The maximum Gasteiger partial charge on any atom is 0.243 e. The molecule has 1 aromatic carbocycles. The van der Waals surface area contributed by atoms with Crippen LogP contribution in [0.15, 0.2) is 35.8 Å². The molecule has 0 radical (unpaired) electrons. The van der Waals surface area contributed by atoms with Crippen molar-refractivity contribution >= 4 is 28.8 Å². The number of rotatable bonds is 3. The van der Waals surface area contributed by atoms with Gasteiger partial charge in [0.25, 0.3) is 0 Å². The molecule has 25 heavy (non-hydrogen) atoms. The minimum absolute atomic E-state index is 0.0185. The third kappa shape index (κ3) is 3.18. The molecule has 4 rings (SSSR count). The van der Waals surface area contributed by atoms with Gasteiger partial charge in [-0.3, -0.25) is 9.59 Å². The summed E-state index contributed by atoms with van der Waals surface area (Å²) < 4.78 is 0. The highest BCUT2D eigenvalue weighted by atomic mass is 32.1. The number of carbonyl (C=O) groups is 2. The predicted octanol–water partition coefficient (Wildman–Crippen LogP) is 3.18. The Morgan fingerprint density at radius 3 is 2.96 bits per heavy atom. The number of hydrogen-bond acceptors (Lipinski definition) is 4. The Bertz CT molecular complexity index is 775. The normalized spacial score (nSPS) is 20.5. The smallest absolute Gasteiger partial charge is 0.243 e. The fourth-order valence-electron chi connectivity index (χ4n) is 3.78. The zero-order valence-corrected chi connectivity index (χ0v) is 14.9. The van der Waals surface area contributed by atoms with Crippen LogP contribution in [0.1, 0.15) is 42.3 Å². The van der Waals surface area contributed by atoms with Gasteiger partial charge in [0, 0.05) is 30.2 Å². The van der Waals surface area contributed by atoms with Crippen LogP contribution in [0.4, 0.5) is 5.69 Å². The topological polar surface area (TPSA) is 53.5 Å². The van der Waals surface area contributed by atoms with E-state index in [-0.39, 0.29) is 24.4 Å². The summed E-state index contributed by atoms with van der Waals surface area (Å²) in [5, 5.41) is 2.95. The van der Waals surface area contributed by atoms with Crippen molar-refractivity contribution in [1.29, 1.82) is 0 Å². The van der Waals surface area contributed by atoms with E-state index in [1.807, 2.05) is 34.5 Å². The van der Waals surface area contributed by atoms with Crippen molar-refractivity contribution in [1.82, 2.24) is 9.88 Å². The number of likely N-dealkylation sites (tertiary alicyclic amines) is 1. The number of thiazole rings is 1. The largest absolute Gasteiger partial charge is 0.332 e. The lowest BCUT2D eigenvalue weighted by Gasteiger charge is -2.37. The number of carbonyl (C=O) groups excluding carboxylic acids is 2. The Kier molecular flexibility index (Phi) is 4.53. The van der Waals surface area contributed by atoms with Gasteiger partial charge in [0.2, 0.25) is 11.8 Å². The summed E-state index contributed by atoms with van der Waals surface area (Å²) in [4.78, 5) is 33.5. The molecular weight excluding hydrogens is 334 g/mol. The fourth-order valence-corrected chi connectivity index (χ4v) is 4.57. The first-order valence-electron chi connectivity index (χ1n) is 8.81. The van der Waals surface area contributed by atoms with E-state index in [0.717, 1.165) is 48.5 Å². The van der Waals surface area contributed by atoms with Crippen LogP contribution in [0.5, 0.6) is 0 Å². The summed E-state index contributed by atoms with van der Waals surface area (Å²) in [7, 11) is 0. The molecular formula is C19H21N3O2S. The van der Waals surface area contributed by atoms with E-state index in [9.17, 15) is 9.59 Å². The van der Waals surface area contributed by atoms with Gasteiger partial charge in [-0.2, -0.15) is 0 Å². The van der Waals surface area contributed by atoms with Crippen molar-refractivity contribution < 1.29 is 9.59 Å². The second-order valence-corrected chi connectivity index (χ2v) is 7.50. The van der Waals surface area contributed by atoms with Gasteiger partial charge in [0.1, 0.15) is 11.6 Å². The van der Waals surface area contributed by atoms with Crippen molar-refractivity contribution in [3.63, 3.8) is 0 Å². The number of piperidine rings is 1. The van der Waals surface area contributed by atoms with Crippen molar-refractivity contribution in [3.05, 3.63) is 46.4 Å². The SMILES string of the molecule is O=C1CCc2ccccc2N1CC(=O)N1CCCCC1c1nccs1. The van der Waals surface area contributed by atoms with Crippen LogP contribution < -0.4 is 4.90 Å². The highest BCUT2D eigenvalue weighted by Gasteiger charge is 2.33. The number of fused-ring (bicyclic) bond motifs is 1. The van der Waals surface area contributed by atoms with Gasteiger partial charge >= 0.3 is 0 Å². The zero-order valence-electron chi connectivity index (χ0n) is 14.1. The standard InChI is InChI=1S/C19H21N3O2S/c23-17-9-8-14-5-1-2-6-15(14)22(17)13-18(24)21-11-4-3-7-16(21)19-20-10-12-25-19/h1-2,5-6,10,12,16H,3-4,7-9,11,13H2. The predicted molar refractivity (Wildman–Crippen MR) is 97.5 cm³/mol. The van der Waals surface area contributed by atoms with Gasteiger partial charge in [-0.1, -0.05) is 18.2 Å². The molecule has 2 amide bonds. The third-order valence-corrected chi connectivity index (χ3v) is 5.92. The lowest BCUT2D eigenvalue weighted by molar-refractivity contribution is -0.135. The molecule has 6 heteroatoms. The minimum Gasteiger partial charge on any atom is -0.332 e. The highest BCUT2D eigenvalue weighted by molar-refractivity contribution is 7.09. The average molecular weight is 355 g/mol. The van der Waals surface area contributed by atoms with Gasteiger partial charge in [-0.05, 0) is 37.3 Å². The van der Waals surface area contributed by atoms with E-state index in [1.54, 1.807) is 22.4 Å². The maximum absolute atomic E-state index is 13.0. The molecule has 1 unspecified atom stereocenters. The van der Waals surface area contributed by atoms with Gasteiger partial charge in [-0.25, -0.2) is 4.98 Å². The Balaban J connectivity index is 1.56. The molecule has 2 aromatic rings. The lowest BCUT2D eigenvalue weighted by Crippen LogP contribution is -2.47. The lowest BCUT2D eigenvalue weighted by atomic mass is 10.0. The van der Waals surface area contributed by atoms with E-state index >= 15 is 0 Å². The van der Waals surface area contributed by atoms with E-state index in [0.29, 0.717) is 6.42 Å². The van der Waals surface area contributed by atoms with Crippen LogP contribution in [-0.2, 0) is 16.0 Å². The number of para-hydroxylation sites is 1. The van der Waals surface area contributed by atoms with E-state index in [4.69, 9.17) is 0 Å². The molecule has 1 fully saturated rings. The second-order valence-electron chi connectivity index (χ2n) is 6.58. The molecule has 0 N–H and O–H groups in total. The number of benzene rings is 1. The first-order chi connectivity index (χ1) is 12.2. The number of nitrogens with zero attached hydrogens (tertiary/aromatic N) is 3. The average Bonchev–Trinajstić information content (AvgIpc) is 3.18. The van der Waals surface area contributed by atoms with E-state index < -0.39 is 0 Å². The molecule has 0 saturated carbocycles. The molecule has 0 spiro atoms. The number of amides is 2. The van der Waals surface area contributed by atoms with Crippen LogP contribution in [0.3, 0.4) is 0 Å². The molecule has 3 heterocycles. The molecule has 2 aliphatic rings. The third-order valence-electron chi connectivity index (χ3n) is 5.04. The minimum atomic E-state index is 0.0185. The molecule has 1 saturated heterocycles. The number of hydrogen-bond donors (Lipinski definition) is 0. The van der Waals surface area contributed by atoms with Crippen LogP contribution in [0.25, 0.3) is 0 Å². The van der Waals surface area contributed by atoms with Crippen molar-refractivity contribution in [2.75, 3.05) is 18.0 Å². The Hall–Kier alpha value is -2.21. The van der Waals surface area contributed by atoms with Crippen LogP contribution in [0.2, 0.25) is 0 Å². The Morgan fingerprint density at radius 1 is 1.24 bits per heavy atom. The second kappa shape index (κ2) is 6.96. The van der Waals surface area contributed by atoms with Gasteiger partial charge < -0.3 is 9.80 Å².